The van der Waals surface area contributed by atoms with Gasteiger partial charge in [-0.1, -0.05) is 48.0 Å². The number of anilines is 1. The standard InChI is InChI=1S/C17H20N2O/c1-14-8-10-15(11-9-14)12-19(2)13-17(20)18-16-6-4-3-5-7-16/h3-11H,12-13H2,1-2H3,(H,18,20). The summed E-state index contributed by atoms with van der Waals surface area (Å²) in [5, 5.41) is 2.89. The quantitative estimate of drug-likeness (QED) is 0.904. The van der Waals surface area contributed by atoms with E-state index in [1.807, 2.05) is 42.3 Å². The van der Waals surface area contributed by atoms with Gasteiger partial charge in [-0.05, 0) is 31.7 Å². The third-order valence-electron chi connectivity index (χ3n) is 3.04. The number of benzene rings is 2. The van der Waals surface area contributed by atoms with Crippen molar-refractivity contribution in [3.63, 3.8) is 0 Å². The highest BCUT2D eigenvalue weighted by Crippen LogP contribution is 2.07. The predicted octanol–water partition coefficient (Wildman–Crippen LogP) is 3.07. The van der Waals surface area contributed by atoms with Crippen LogP contribution in [0.3, 0.4) is 0 Å². The predicted molar refractivity (Wildman–Crippen MR) is 82.6 cm³/mol. The summed E-state index contributed by atoms with van der Waals surface area (Å²) in [4.78, 5) is 13.9. The van der Waals surface area contributed by atoms with Gasteiger partial charge in [-0.3, -0.25) is 9.69 Å². The van der Waals surface area contributed by atoms with E-state index in [1.54, 1.807) is 0 Å². The first kappa shape index (κ1) is 14.3. The Kier molecular flexibility index (Phi) is 4.91. The van der Waals surface area contributed by atoms with Crippen LogP contribution in [0.4, 0.5) is 5.69 Å². The number of hydrogen-bond donors (Lipinski definition) is 1. The minimum Gasteiger partial charge on any atom is -0.325 e. The maximum absolute atomic E-state index is 11.9. The lowest BCUT2D eigenvalue weighted by atomic mass is 10.1. The van der Waals surface area contributed by atoms with E-state index in [0.717, 1.165) is 12.2 Å². The van der Waals surface area contributed by atoms with Crippen molar-refractivity contribution in [2.45, 2.75) is 13.5 Å². The Morgan fingerprint density at radius 1 is 1.05 bits per heavy atom. The molecule has 2 aromatic carbocycles. The summed E-state index contributed by atoms with van der Waals surface area (Å²) < 4.78 is 0. The van der Waals surface area contributed by atoms with Crippen molar-refractivity contribution in [1.29, 1.82) is 0 Å². The van der Waals surface area contributed by atoms with E-state index in [9.17, 15) is 4.79 Å². The Balaban J connectivity index is 1.83. The molecular weight excluding hydrogens is 248 g/mol. The molecule has 0 radical (unpaired) electrons. The number of aryl methyl sites for hydroxylation is 1. The van der Waals surface area contributed by atoms with Crippen LogP contribution < -0.4 is 5.32 Å². The van der Waals surface area contributed by atoms with E-state index in [1.165, 1.54) is 11.1 Å². The van der Waals surface area contributed by atoms with Gasteiger partial charge in [0.25, 0.3) is 0 Å². The number of amides is 1. The topological polar surface area (TPSA) is 32.3 Å². The molecule has 0 atom stereocenters. The highest BCUT2D eigenvalue weighted by atomic mass is 16.2. The molecule has 1 amide bonds. The van der Waals surface area contributed by atoms with Crippen molar-refractivity contribution in [2.75, 3.05) is 18.9 Å². The van der Waals surface area contributed by atoms with Crippen LogP contribution in [0.2, 0.25) is 0 Å². The Bertz CT molecular complexity index is 549. The number of likely N-dealkylation sites (N-methyl/N-ethyl adjacent to an activating group) is 1. The van der Waals surface area contributed by atoms with Gasteiger partial charge in [-0.25, -0.2) is 0 Å². The normalized spacial score (nSPS) is 10.6. The zero-order valence-electron chi connectivity index (χ0n) is 12.0. The van der Waals surface area contributed by atoms with Gasteiger partial charge in [-0.2, -0.15) is 0 Å². The Labute approximate surface area is 120 Å². The number of hydrogen-bond acceptors (Lipinski definition) is 2. The molecule has 0 fully saturated rings. The van der Waals surface area contributed by atoms with E-state index in [0.29, 0.717) is 6.54 Å². The lowest BCUT2D eigenvalue weighted by Gasteiger charge is -2.16. The maximum atomic E-state index is 11.9. The molecule has 0 heterocycles. The van der Waals surface area contributed by atoms with Crippen molar-refractivity contribution in [3.05, 3.63) is 65.7 Å². The highest BCUT2D eigenvalue weighted by Gasteiger charge is 2.07. The second-order valence-corrected chi connectivity index (χ2v) is 5.07. The number of nitrogens with one attached hydrogen (secondary N) is 1. The fourth-order valence-electron chi connectivity index (χ4n) is 2.03. The van der Waals surface area contributed by atoms with E-state index >= 15 is 0 Å². The molecule has 2 aromatic rings. The smallest absolute Gasteiger partial charge is 0.238 e. The van der Waals surface area contributed by atoms with Gasteiger partial charge in [0.2, 0.25) is 5.91 Å². The molecule has 0 aliphatic rings. The average molecular weight is 268 g/mol. The van der Waals surface area contributed by atoms with E-state index in [4.69, 9.17) is 0 Å². The van der Waals surface area contributed by atoms with Crippen molar-refractivity contribution >= 4 is 11.6 Å². The van der Waals surface area contributed by atoms with Crippen molar-refractivity contribution in [2.24, 2.45) is 0 Å². The molecule has 0 saturated heterocycles. The Morgan fingerprint density at radius 3 is 2.35 bits per heavy atom. The molecule has 0 aliphatic carbocycles. The summed E-state index contributed by atoms with van der Waals surface area (Å²) >= 11 is 0. The lowest BCUT2D eigenvalue weighted by molar-refractivity contribution is -0.117. The van der Waals surface area contributed by atoms with E-state index < -0.39 is 0 Å². The molecule has 0 aliphatic heterocycles. The van der Waals surface area contributed by atoms with Crippen LogP contribution in [0.1, 0.15) is 11.1 Å². The van der Waals surface area contributed by atoms with E-state index in [2.05, 4.69) is 36.5 Å². The number of carbonyl (C=O) groups is 1. The van der Waals surface area contributed by atoms with Gasteiger partial charge in [0.05, 0.1) is 6.54 Å². The number of nitrogens with zero attached hydrogens (tertiary/aromatic N) is 1. The third kappa shape index (κ3) is 4.52. The van der Waals surface area contributed by atoms with Gasteiger partial charge in [0.1, 0.15) is 0 Å². The van der Waals surface area contributed by atoms with Crippen molar-refractivity contribution in [1.82, 2.24) is 4.90 Å². The number of carbonyl (C=O) groups excluding carboxylic acids is 1. The van der Waals surface area contributed by atoms with Gasteiger partial charge < -0.3 is 5.32 Å². The first-order valence-corrected chi connectivity index (χ1v) is 6.72. The van der Waals surface area contributed by atoms with Crippen LogP contribution in [0.25, 0.3) is 0 Å². The van der Waals surface area contributed by atoms with Gasteiger partial charge in [0.15, 0.2) is 0 Å². The first-order valence-electron chi connectivity index (χ1n) is 6.72. The molecule has 0 unspecified atom stereocenters. The Hall–Kier alpha value is -2.13. The summed E-state index contributed by atoms with van der Waals surface area (Å²) in [5.74, 6) is 0.00538. The zero-order chi connectivity index (χ0) is 14.4. The summed E-state index contributed by atoms with van der Waals surface area (Å²) in [6.07, 6.45) is 0. The highest BCUT2D eigenvalue weighted by molar-refractivity contribution is 5.92. The molecule has 20 heavy (non-hydrogen) atoms. The van der Waals surface area contributed by atoms with Crippen LogP contribution in [0.15, 0.2) is 54.6 Å². The molecule has 1 N–H and O–H groups in total. The second kappa shape index (κ2) is 6.87. The molecule has 3 nitrogen and oxygen atoms in total. The third-order valence-corrected chi connectivity index (χ3v) is 3.04. The SMILES string of the molecule is Cc1ccc(CN(C)CC(=O)Nc2ccccc2)cc1. The average Bonchev–Trinajstić information content (AvgIpc) is 2.42. The van der Waals surface area contributed by atoms with Crippen molar-refractivity contribution < 1.29 is 4.79 Å². The molecule has 104 valence electrons. The minimum atomic E-state index is 0.00538. The molecule has 0 aromatic heterocycles. The van der Waals surface area contributed by atoms with Crippen LogP contribution in [0.5, 0.6) is 0 Å². The Morgan fingerprint density at radius 2 is 1.70 bits per heavy atom. The van der Waals surface area contributed by atoms with Crippen LogP contribution in [0, 0.1) is 6.92 Å². The van der Waals surface area contributed by atoms with Gasteiger partial charge in [0, 0.05) is 12.2 Å². The van der Waals surface area contributed by atoms with Gasteiger partial charge in [-0.15, -0.1) is 0 Å². The monoisotopic (exact) mass is 268 g/mol. The molecule has 0 bridgehead atoms. The minimum absolute atomic E-state index is 0.00538. The molecule has 0 saturated carbocycles. The molecule has 0 spiro atoms. The number of rotatable bonds is 5. The van der Waals surface area contributed by atoms with Crippen LogP contribution in [-0.2, 0) is 11.3 Å². The van der Waals surface area contributed by atoms with Crippen LogP contribution >= 0.6 is 0 Å². The molecule has 2 rings (SSSR count). The molecular formula is C17H20N2O. The summed E-state index contributed by atoms with van der Waals surface area (Å²) in [6, 6.07) is 17.9. The summed E-state index contributed by atoms with van der Waals surface area (Å²) in [5.41, 5.74) is 3.30. The molecule has 3 heteroatoms. The first-order chi connectivity index (χ1) is 9.63. The second-order valence-electron chi connectivity index (χ2n) is 5.07. The fraction of sp³-hybridized carbons (Fsp3) is 0.235. The fourth-order valence-corrected chi connectivity index (χ4v) is 2.03. The number of para-hydroxylation sites is 1. The summed E-state index contributed by atoms with van der Waals surface area (Å²) in [7, 11) is 1.95. The van der Waals surface area contributed by atoms with Crippen LogP contribution in [-0.4, -0.2) is 24.4 Å². The lowest BCUT2D eigenvalue weighted by Crippen LogP contribution is -2.29. The van der Waals surface area contributed by atoms with E-state index in [-0.39, 0.29) is 5.91 Å². The zero-order valence-corrected chi connectivity index (χ0v) is 12.0. The maximum Gasteiger partial charge on any atom is 0.238 e. The largest absolute Gasteiger partial charge is 0.325 e. The summed E-state index contributed by atoms with van der Waals surface area (Å²) in [6.45, 7) is 3.21. The van der Waals surface area contributed by atoms with Gasteiger partial charge >= 0.3 is 0 Å². The van der Waals surface area contributed by atoms with Crippen molar-refractivity contribution in [3.8, 4) is 0 Å².